The van der Waals surface area contributed by atoms with Crippen LogP contribution >= 0.6 is 0 Å². The van der Waals surface area contributed by atoms with Gasteiger partial charge in [-0.1, -0.05) is 6.07 Å². The topological polar surface area (TPSA) is 98.0 Å². The van der Waals surface area contributed by atoms with Crippen molar-refractivity contribution in [3.05, 3.63) is 30.2 Å². The molecular formula is C14H20N6O. The molecule has 2 rings (SSSR count). The maximum atomic E-state index is 6.10. The summed E-state index contributed by atoms with van der Waals surface area (Å²) in [5.41, 5.74) is 7.46. The molecule has 0 fully saturated rings. The van der Waals surface area contributed by atoms with E-state index in [0.717, 1.165) is 5.69 Å². The number of hydrogen-bond acceptors (Lipinski definition) is 7. The molecule has 1 unspecified atom stereocenters. The van der Waals surface area contributed by atoms with Gasteiger partial charge in [0.25, 0.3) is 0 Å². The SMILES string of the molecule is COCC(C)Nc1ncnc(Nc2cccc(C)n2)c1N. The van der Waals surface area contributed by atoms with Crippen molar-refractivity contribution in [2.24, 2.45) is 0 Å². The van der Waals surface area contributed by atoms with Crippen molar-refractivity contribution in [2.45, 2.75) is 19.9 Å². The highest BCUT2D eigenvalue weighted by atomic mass is 16.5. The molecule has 2 aromatic rings. The van der Waals surface area contributed by atoms with Crippen molar-refractivity contribution >= 4 is 23.1 Å². The van der Waals surface area contributed by atoms with Crippen molar-refractivity contribution in [1.29, 1.82) is 0 Å². The molecule has 21 heavy (non-hydrogen) atoms. The fourth-order valence-corrected chi connectivity index (χ4v) is 1.87. The van der Waals surface area contributed by atoms with Crippen LogP contribution in [0.3, 0.4) is 0 Å². The Morgan fingerprint density at radius 3 is 2.76 bits per heavy atom. The normalized spacial score (nSPS) is 12.0. The summed E-state index contributed by atoms with van der Waals surface area (Å²) in [7, 11) is 1.65. The smallest absolute Gasteiger partial charge is 0.160 e. The van der Waals surface area contributed by atoms with Gasteiger partial charge in [-0.05, 0) is 26.0 Å². The second kappa shape index (κ2) is 6.85. The molecule has 7 nitrogen and oxygen atoms in total. The van der Waals surface area contributed by atoms with E-state index in [9.17, 15) is 0 Å². The molecule has 0 aliphatic carbocycles. The number of aryl methyl sites for hydroxylation is 1. The van der Waals surface area contributed by atoms with Crippen LogP contribution in [-0.2, 0) is 4.74 Å². The van der Waals surface area contributed by atoms with Gasteiger partial charge in [-0.3, -0.25) is 0 Å². The summed E-state index contributed by atoms with van der Waals surface area (Å²) in [5, 5.41) is 6.29. The van der Waals surface area contributed by atoms with E-state index in [0.29, 0.717) is 29.7 Å². The Kier molecular flexibility index (Phi) is 4.89. The third-order valence-electron chi connectivity index (χ3n) is 2.82. The lowest BCUT2D eigenvalue weighted by Gasteiger charge is -2.16. The minimum atomic E-state index is 0.0946. The van der Waals surface area contributed by atoms with Gasteiger partial charge in [-0.25, -0.2) is 15.0 Å². The average molecular weight is 288 g/mol. The van der Waals surface area contributed by atoms with Gasteiger partial charge in [0.05, 0.1) is 6.61 Å². The lowest BCUT2D eigenvalue weighted by Crippen LogP contribution is -2.22. The van der Waals surface area contributed by atoms with Crippen LogP contribution < -0.4 is 16.4 Å². The first kappa shape index (κ1) is 15.0. The van der Waals surface area contributed by atoms with Crippen molar-refractivity contribution in [1.82, 2.24) is 15.0 Å². The molecule has 0 saturated carbocycles. The van der Waals surface area contributed by atoms with E-state index in [1.54, 1.807) is 7.11 Å². The number of nitrogens with zero attached hydrogens (tertiary/aromatic N) is 3. The molecule has 0 saturated heterocycles. The van der Waals surface area contributed by atoms with Crippen LogP contribution in [0.2, 0.25) is 0 Å². The summed E-state index contributed by atoms with van der Waals surface area (Å²) >= 11 is 0. The van der Waals surface area contributed by atoms with Crippen molar-refractivity contribution in [2.75, 3.05) is 30.1 Å². The van der Waals surface area contributed by atoms with Gasteiger partial charge in [0, 0.05) is 18.8 Å². The molecule has 7 heteroatoms. The number of nitrogens with one attached hydrogen (secondary N) is 2. The number of anilines is 4. The molecule has 1 atom stereocenters. The van der Waals surface area contributed by atoms with Gasteiger partial charge < -0.3 is 21.1 Å². The van der Waals surface area contributed by atoms with Crippen molar-refractivity contribution < 1.29 is 4.74 Å². The second-order valence-electron chi connectivity index (χ2n) is 4.77. The van der Waals surface area contributed by atoms with Gasteiger partial charge >= 0.3 is 0 Å². The third kappa shape index (κ3) is 4.03. The highest BCUT2D eigenvalue weighted by Crippen LogP contribution is 2.25. The first-order valence-electron chi connectivity index (χ1n) is 6.66. The molecule has 0 radical (unpaired) electrons. The molecule has 0 amide bonds. The number of nitrogens with two attached hydrogens (primary N) is 1. The molecule has 2 aromatic heterocycles. The number of nitrogen functional groups attached to an aromatic ring is 1. The fraction of sp³-hybridized carbons (Fsp3) is 0.357. The lowest BCUT2D eigenvalue weighted by atomic mass is 10.3. The van der Waals surface area contributed by atoms with Crippen molar-refractivity contribution in [3.63, 3.8) is 0 Å². The number of rotatable bonds is 6. The van der Waals surface area contributed by atoms with Crippen molar-refractivity contribution in [3.8, 4) is 0 Å². The van der Waals surface area contributed by atoms with Gasteiger partial charge in [-0.15, -0.1) is 0 Å². The Bertz CT molecular complexity index is 604. The van der Waals surface area contributed by atoms with Gasteiger partial charge in [0.1, 0.15) is 17.8 Å². The molecule has 112 valence electrons. The second-order valence-corrected chi connectivity index (χ2v) is 4.77. The molecule has 0 aliphatic rings. The maximum Gasteiger partial charge on any atom is 0.160 e. The van der Waals surface area contributed by atoms with Gasteiger partial charge in [-0.2, -0.15) is 0 Å². The van der Waals surface area contributed by atoms with Gasteiger partial charge in [0.2, 0.25) is 0 Å². The Balaban J connectivity index is 2.17. The monoisotopic (exact) mass is 288 g/mol. The summed E-state index contributed by atoms with van der Waals surface area (Å²) in [5.74, 6) is 1.79. The number of aromatic nitrogens is 3. The first-order chi connectivity index (χ1) is 10.1. The van der Waals surface area contributed by atoms with E-state index in [2.05, 4.69) is 25.6 Å². The number of methoxy groups -OCH3 is 1. The summed E-state index contributed by atoms with van der Waals surface area (Å²) < 4.78 is 5.08. The van der Waals surface area contributed by atoms with Gasteiger partial charge in [0.15, 0.2) is 11.6 Å². The Morgan fingerprint density at radius 2 is 2.05 bits per heavy atom. The van der Waals surface area contributed by atoms with Crippen LogP contribution in [0, 0.1) is 6.92 Å². The zero-order chi connectivity index (χ0) is 15.2. The Morgan fingerprint density at radius 1 is 1.29 bits per heavy atom. The average Bonchev–Trinajstić information content (AvgIpc) is 2.44. The lowest BCUT2D eigenvalue weighted by molar-refractivity contribution is 0.190. The molecular weight excluding hydrogens is 268 g/mol. The molecule has 2 heterocycles. The quantitative estimate of drug-likeness (QED) is 0.747. The standard InChI is InChI=1S/C14H20N6O/c1-9-5-4-6-11(18-9)20-14-12(15)13(16-8-17-14)19-10(2)7-21-3/h4-6,8,10H,7,15H2,1-3H3,(H2,16,17,18,19,20). The third-order valence-corrected chi connectivity index (χ3v) is 2.82. The predicted octanol–water partition coefficient (Wildman–Crippen LogP) is 1.95. The largest absolute Gasteiger partial charge is 0.393 e. The van der Waals surface area contributed by atoms with Crippen LogP contribution in [0.5, 0.6) is 0 Å². The minimum Gasteiger partial charge on any atom is -0.393 e. The molecule has 0 aromatic carbocycles. The first-order valence-corrected chi connectivity index (χ1v) is 6.66. The van der Waals surface area contributed by atoms with E-state index in [4.69, 9.17) is 10.5 Å². The number of ether oxygens (including phenoxy) is 1. The van der Waals surface area contributed by atoms with E-state index in [1.807, 2.05) is 32.0 Å². The molecule has 4 N–H and O–H groups in total. The van der Waals surface area contributed by atoms with E-state index in [1.165, 1.54) is 6.33 Å². The minimum absolute atomic E-state index is 0.0946. The summed E-state index contributed by atoms with van der Waals surface area (Å²) in [6, 6.07) is 5.79. The van der Waals surface area contributed by atoms with E-state index in [-0.39, 0.29) is 6.04 Å². The molecule has 0 aliphatic heterocycles. The number of hydrogen-bond donors (Lipinski definition) is 3. The Labute approximate surface area is 124 Å². The summed E-state index contributed by atoms with van der Waals surface area (Å²) in [6.07, 6.45) is 1.45. The van der Waals surface area contributed by atoms with E-state index >= 15 is 0 Å². The van der Waals surface area contributed by atoms with Crippen LogP contribution in [0.15, 0.2) is 24.5 Å². The predicted molar refractivity (Wildman–Crippen MR) is 83.7 cm³/mol. The summed E-state index contributed by atoms with van der Waals surface area (Å²) in [6.45, 7) is 4.47. The highest BCUT2D eigenvalue weighted by molar-refractivity contribution is 5.76. The molecule has 0 spiro atoms. The molecule has 0 bridgehead atoms. The number of pyridine rings is 1. The Hall–Kier alpha value is -2.41. The van der Waals surface area contributed by atoms with Crippen LogP contribution in [0.25, 0.3) is 0 Å². The maximum absolute atomic E-state index is 6.10. The van der Waals surface area contributed by atoms with Crippen LogP contribution in [0.1, 0.15) is 12.6 Å². The zero-order valence-corrected chi connectivity index (χ0v) is 12.4. The van der Waals surface area contributed by atoms with E-state index < -0.39 is 0 Å². The van der Waals surface area contributed by atoms with Crippen LogP contribution in [-0.4, -0.2) is 34.7 Å². The summed E-state index contributed by atoms with van der Waals surface area (Å²) in [4.78, 5) is 12.7. The van der Waals surface area contributed by atoms with Crippen LogP contribution in [0.4, 0.5) is 23.1 Å². The highest BCUT2D eigenvalue weighted by Gasteiger charge is 2.11. The zero-order valence-electron chi connectivity index (χ0n) is 12.4. The fourth-order valence-electron chi connectivity index (χ4n) is 1.87.